The average Bonchev–Trinajstić information content (AvgIpc) is 2.61. The second kappa shape index (κ2) is 6.58. The van der Waals surface area contributed by atoms with Crippen LogP contribution in [0.25, 0.3) is 22.3 Å². The molecule has 5 nitrogen and oxygen atoms in total. The molecule has 0 atom stereocenters. The third kappa shape index (κ3) is 3.50. The van der Waals surface area contributed by atoms with Crippen molar-refractivity contribution in [3.8, 4) is 33.8 Å². The first-order valence-corrected chi connectivity index (χ1v) is 9.04. The van der Waals surface area contributed by atoms with Gasteiger partial charge in [-0.3, -0.25) is 0 Å². The number of ether oxygens (including phenoxy) is 1. The van der Waals surface area contributed by atoms with Crippen molar-refractivity contribution in [2.45, 2.75) is 4.90 Å². The van der Waals surface area contributed by atoms with Gasteiger partial charge in [0.15, 0.2) is 0 Å². The minimum atomic E-state index is -3.75. The Balaban J connectivity index is 2.16. The highest BCUT2D eigenvalue weighted by molar-refractivity contribution is 7.89. The van der Waals surface area contributed by atoms with E-state index in [9.17, 15) is 13.5 Å². The fourth-order valence-electron chi connectivity index (χ4n) is 2.69. The van der Waals surface area contributed by atoms with Crippen LogP contribution in [-0.4, -0.2) is 20.6 Å². The summed E-state index contributed by atoms with van der Waals surface area (Å²) in [4.78, 5) is 0.0410. The van der Waals surface area contributed by atoms with E-state index >= 15 is 0 Å². The van der Waals surface area contributed by atoms with Crippen molar-refractivity contribution in [2.24, 2.45) is 5.14 Å². The molecule has 3 aromatic rings. The van der Waals surface area contributed by atoms with Crippen LogP contribution < -0.4 is 9.88 Å². The molecule has 0 aromatic heterocycles. The Morgan fingerprint density at radius 3 is 2.24 bits per heavy atom. The molecule has 0 aliphatic carbocycles. The maximum Gasteiger partial charge on any atom is 0.238 e. The zero-order valence-corrected chi connectivity index (χ0v) is 14.3. The predicted octanol–water partition coefficient (Wildman–Crippen LogP) is 3.38. The van der Waals surface area contributed by atoms with Crippen molar-refractivity contribution >= 4 is 10.0 Å². The number of nitrogens with two attached hydrogens (primary N) is 1. The highest BCUT2D eigenvalue weighted by Gasteiger charge is 2.14. The molecular weight excluding hydrogens is 338 g/mol. The van der Waals surface area contributed by atoms with E-state index in [-0.39, 0.29) is 10.6 Å². The fourth-order valence-corrected chi connectivity index (χ4v) is 3.20. The molecule has 3 aromatic carbocycles. The molecule has 0 spiro atoms. The van der Waals surface area contributed by atoms with Crippen molar-refractivity contribution in [1.82, 2.24) is 0 Å². The number of aromatic hydroxyl groups is 1. The van der Waals surface area contributed by atoms with Gasteiger partial charge in [-0.1, -0.05) is 36.4 Å². The number of primary sulfonamides is 1. The highest BCUT2D eigenvalue weighted by Crippen LogP contribution is 2.39. The van der Waals surface area contributed by atoms with Crippen LogP contribution in [0.2, 0.25) is 0 Å². The summed E-state index contributed by atoms with van der Waals surface area (Å²) in [5, 5.41) is 15.5. The number of benzene rings is 3. The van der Waals surface area contributed by atoms with Crippen molar-refractivity contribution in [3.05, 3.63) is 66.7 Å². The van der Waals surface area contributed by atoms with Crippen LogP contribution in [0.4, 0.5) is 0 Å². The lowest BCUT2D eigenvalue weighted by Crippen LogP contribution is -2.11. The summed E-state index contributed by atoms with van der Waals surface area (Å²) in [6, 6.07) is 18.8. The second-order valence-corrected chi connectivity index (χ2v) is 7.06. The Bertz CT molecular complexity index is 1010. The third-order valence-electron chi connectivity index (χ3n) is 3.89. The van der Waals surface area contributed by atoms with E-state index in [1.54, 1.807) is 31.4 Å². The molecule has 128 valence electrons. The molecule has 0 unspecified atom stereocenters. The molecule has 3 N–H and O–H groups in total. The van der Waals surface area contributed by atoms with Crippen molar-refractivity contribution in [2.75, 3.05) is 7.11 Å². The number of hydrogen-bond acceptors (Lipinski definition) is 4. The summed E-state index contributed by atoms with van der Waals surface area (Å²) < 4.78 is 28.1. The van der Waals surface area contributed by atoms with Gasteiger partial charge in [0, 0.05) is 5.56 Å². The van der Waals surface area contributed by atoms with Crippen molar-refractivity contribution < 1.29 is 18.3 Å². The molecule has 0 heterocycles. The number of rotatable bonds is 4. The van der Waals surface area contributed by atoms with Crippen LogP contribution in [0, 0.1) is 0 Å². The molecule has 6 heteroatoms. The van der Waals surface area contributed by atoms with Crippen LogP contribution in [0.3, 0.4) is 0 Å². The Kier molecular flexibility index (Phi) is 4.48. The number of sulfonamides is 1. The van der Waals surface area contributed by atoms with Crippen LogP contribution in [0.5, 0.6) is 11.5 Å². The van der Waals surface area contributed by atoms with Gasteiger partial charge in [-0.05, 0) is 47.0 Å². The molecule has 0 saturated heterocycles. The molecule has 0 aliphatic heterocycles. The largest absolute Gasteiger partial charge is 0.507 e. The zero-order valence-electron chi connectivity index (χ0n) is 13.5. The number of hydrogen-bond donors (Lipinski definition) is 2. The standard InChI is InChI=1S/C19H17NO4S/c1-24-15-5-2-4-14(12-15)19-17(6-3-7-18(19)21)13-8-10-16(11-9-13)25(20,22)23/h2-12,21H,1H3,(H2,20,22,23). The van der Waals surface area contributed by atoms with E-state index in [2.05, 4.69) is 0 Å². The molecule has 0 fully saturated rings. The molecule has 0 saturated carbocycles. The lowest BCUT2D eigenvalue weighted by molar-refractivity contribution is 0.415. The number of phenols is 1. The van der Waals surface area contributed by atoms with E-state index in [0.717, 1.165) is 16.7 Å². The van der Waals surface area contributed by atoms with Crippen LogP contribution in [0.15, 0.2) is 71.6 Å². The molecular formula is C19H17NO4S. The van der Waals surface area contributed by atoms with Gasteiger partial charge in [0.2, 0.25) is 10.0 Å². The topological polar surface area (TPSA) is 89.6 Å². The lowest BCUT2D eigenvalue weighted by atomic mass is 9.93. The van der Waals surface area contributed by atoms with Gasteiger partial charge in [0.1, 0.15) is 11.5 Å². The summed E-state index contributed by atoms with van der Waals surface area (Å²) >= 11 is 0. The molecule has 0 aliphatic rings. The Morgan fingerprint density at radius 2 is 1.60 bits per heavy atom. The Labute approximate surface area is 146 Å². The van der Waals surface area contributed by atoms with Gasteiger partial charge in [0.25, 0.3) is 0 Å². The average molecular weight is 355 g/mol. The first kappa shape index (κ1) is 17.0. The van der Waals surface area contributed by atoms with Crippen molar-refractivity contribution in [1.29, 1.82) is 0 Å². The van der Waals surface area contributed by atoms with Crippen LogP contribution >= 0.6 is 0 Å². The van der Waals surface area contributed by atoms with Gasteiger partial charge in [0.05, 0.1) is 12.0 Å². The van der Waals surface area contributed by atoms with E-state index in [0.29, 0.717) is 11.3 Å². The maximum absolute atomic E-state index is 11.4. The molecule has 0 radical (unpaired) electrons. The van der Waals surface area contributed by atoms with E-state index < -0.39 is 10.0 Å². The molecule has 3 rings (SSSR count). The fraction of sp³-hybridized carbons (Fsp3) is 0.0526. The zero-order chi connectivity index (χ0) is 18.0. The molecule has 0 bridgehead atoms. The number of phenolic OH excluding ortho intramolecular Hbond substituents is 1. The summed E-state index contributed by atoms with van der Waals surface area (Å²) in [5.41, 5.74) is 2.98. The van der Waals surface area contributed by atoms with Crippen LogP contribution in [-0.2, 0) is 10.0 Å². The van der Waals surface area contributed by atoms with Crippen molar-refractivity contribution in [3.63, 3.8) is 0 Å². The summed E-state index contributed by atoms with van der Waals surface area (Å²) in [6.45, 7) is 0. The Hall–Kier alpha value is -2.83. The normalized spacial score (nSPS) is 11.3. The van der Waals surface area contributed by atoms with E-state index in [4.69, 9.17) is 9.88 Å². The second-order valence-electron chi connectivity index (χ2n) is 5.50. The Morgan fingerprint density at radius 1 is 0.920 bits per heavy atom. The van der Waals surface area contributed by atoms with Crippen LogP contribution in [0.1, 0.15) is 0 Å². The first-order chi connectivity index (χ1) is 11.9. The minimum Gasteiger partial charge on any atom is -0.507 e. The highest BCUT2D eigenvalue weighted by atomic mass is 32.2. The summed E-state index contributed by atoms with van der Waals surface area (Å²) in [7, 11) is -2.17. The van der Waals surface area contributed by atoms with Gasteiger partial charge in [-0.15, -0.1) is 0 Å². The monoisotopic (exact) mass is 355 g/mol. The van der Waals surface area contributed by atoms with Gasteiger partial charge >= 0.3 is 0 Å². The van der Waals surface area contributed by atoms with E-state index in [1.165, 1.54) is 12.1 Å². The van der Waals surface area contributed by atoms with E-state index in [1.807, 2.05) is 30.3 Å². The van der Waals surface area contributed by atoms with Gasteiger partial charge in [-0.2, -0.15) is 0 Å². The summed E-state index contributed by atoms with van der Waals surface area (Å²) in [5.74, 6) is 0.803. The van der Waals surface area contributed by atoms with Gasteiger partial charge in [-0.25, -0.2) is 13.6 Å². The number of methoxy groups -OCH3 is 1. The SMILES string of the molecule is COc1cccc(-c2c(O)cccc2-c2ccc(S(N)(=O)=O)cc2)c1. The van der Waals surface area contributed by atoms with Gasteiger partial charge < -0.3 is 9.84 Å². The third-order valence-corrected chi connectivity index (χ3v) is 4.82. The first-order valence-electron chi connectivity index (χ1n) is 7.50. The minimum absolute atomic E-state index is 0.0410. The smallest absolute Gasteiger partial charge is 0.238 e. The lowest BCUT2D eigenvalue weighted by Gasteiger charge is -2.13. The predicted molar refractivity (Wildman–Crippen MR) is 96.9 cm³/mol. The maximum atomic E-state index is 11.4. The quantitative estimate of drug-likeness (QED) is 0.751. The summed E-state index contributed by atoms with van der Waals surface area (Å²) in [6.07, 6.45) is 0. The molecule has 25 heavy (non-hydrogen) atoms. The molecule has 0 amide bonds.